The number of amides is 1. The number of hydrogen-bond acceptors (Lipinski definition) is 6. The molecule has 0 N–H and O–H groups in total. The van der Waals surface area contributed by atoms with Gasteiger partial charge in [0.25, 0.3) is 0 Å². The minimum Gasteiger partial charge on any atom is -0.274 e. The van der Waals surface area contributed by atoms with E-state index in [2.05, 4.69) is 18.8 Å². The molecule has 0 aromatic carbocycles. The Morgan fingerprint density at radius 2 is 1.96 bits per heavy atom. The first-order chi connectivity index (χ1) is 11.2. The van der Waals surface area contributed by atoms with Gasteiger partial charge >= 0.3 is 0 Å². The second-order valence-electron chi connectivity index (χ2n) is 7.62. The van der Waals surface area contributed by atoms with Crippen LogP contribution in [0.15, 0.2) is 4.99 Å². The van der Waals surface area contributed by atoms with Gasteiger partial charge in [-0.05, 0) is 43.1 Å². The Bertz CT molecular complexity index is 668. The predicted molar refractivity (Wildman–Crippen MR) is 102 cm³/mol. The molecule has 136 valence electrons. The zero-order valence-corrected chi connectivity index (χ0v) is 17.2. The van der Waals surface area contributed by atoms with Gasteiger partial charge in [0.1, 0.15) is 4.38 Å². The van der Waals surface area contributed by atoms with Crippen molar-refractivity contribution in [3.8, 4) is 0 Å². The van der Waals surface area contributed by atoms with Gasteiger partial charge in [0.15, 0.2) is 0 Å². The highest BCUT2D eigenvalue weighted by atomic mass is 32.2. The maximum absolute atomic E-state index is 12.8. The summed E-state index contributed by atoms with van der Waals surface area (Å²) in [4.78, 5) is 17.1. The number of carbonyl (C=O) groups excluding carboxylic acids is 1. The molecule has 8 heteroatoms. The van der Waals surface area contributed by atoms with Crippen molar-refractivity contribution in [2.45, 2.75) is 45.6 Å². The van der Waals surface area contributed by atoms with Crippen LogP contribution in [0.3, 0.4) is 0 Å². The second-order valence-corrected chi connectivity index (χ2v) is 11.3. The summed E-state index contributed by atoms with van der Waals surface area (Å²) in [6, 6.07) is -0.131. The van der Waals surface area contributed by atoms with Crippen molar-refractivity contribution in [1.29, 1.82) is 0 Å². The fourth-order valence-corrected chi connectivity index (χ4v) is 8.87. The normalized spacial score (nSPS) is 35.1. The number of rotatable bonds is 3. The SMILES string of the molecule is CSC(=NCCC(=O)N1[C@@H]2C[C@H]3CC[C@]2(CS1(=O)=O)C3(C)C)SC. The fraction of sp³-hybridized carbons (Fsp3) is 0.875. The van der Waals surface area contributed by atoms with E-state index in [9.17, 15) is 13.2 Å². The maximum atomic E-state index is 12.8. The lowest BCUT2D eigenvalue weighted by atomic mass is 9.69. The third kappa shape index (κ3) is 2.55. The lowest BCUT2D eigenvalue weighted by molar-refractivity contribution is -0.128. The first-order valence-corrected chi connectivity index (χ1v) is 12.4. The van der Waals surface area contributed by atoms with Crippen LogP contribution in [0.1, 0.15) is 39.5 Å². The summed E-state index contributed by atoms with van der Waals surface area (Å²) in [6.45, 7) is 4.75. The van der Waals surface area contributed by atoms with Crippen molar-refractivity contribution < 1.29 is 13.2 Å². The molecule has 0 radical (unpaired) electrons. The molecule has 1 saturated heterocycles. The summed E-state index contributed by atoms with van der Waals surface area (Å²) in [5, 5.41) is 0. The first-order valence-electron chi connectivity index (χ1n) is 8.37. The van der Waals surface area contributed by atoms with E-state index in [0.29, 0.717) is 12.5 Å². The number of aliphatic imine (C=N–C) groups is 1. The van der Waals surface area contributed by atoms with E-state index in [1.54, 1.807) is 23.5 Å². The van der Waals surface area contributed by atoms with Gasteiger partial charge in [-0.2, -0.15) is 0 Å². The smallest absolute Gasteiger partial charge is 0.238 e. The van der Waals surface area contributed by atoms with Crippen LogP contribution in [-0.2, 0) is 14.8 Å². The second kappa shape index (κ2) is 6.20. The highest BCUT2D eigenvalue weighted by Crippen LogP contribution is 2.69. The van der Waals surface area contributed by atoms with Crippen LogP contribution in [0.25, 0.3) is 0 Å². The van der Waals surface area contributed by atoms with Crippen molar-refractivity contribution in [2.75, 3.05) is 24.8 Å². The molecule has 1 spiro atoms. The van der Waals surface area contributed by atoms with Gasteiger partial charge < -0.3 is 0 Å². The molecule has 1 amide bonds. The highest BCUT2D eigenvalue weighted by molar-refractivity contribution is 8.38. The van der Waals surface area contributed by atoms with Gasteiger partial charge in [-0.1, -0.05) is 13.8 Å². The number of fused-ring (bicyclic) bond motifs is 1. The first kappa shape index (κ1) is 18.6. The minimum absolute atomic E-state index is 0.00277. The molecular formula is C16H26N2O3S3. The van der Waals surface area contributed by atoms with Crippen molar-refractivity contribution in [1.82, 2.24) is 4.31 Å². The topological polar surface area (TPSA) is 66.8 Å². The Kier molecular flexibility index (Phi) is 4.80. The average molecular weight is 391 g/mol. The van der Waals surface area contributed by atoms with E-state index in [-0.39, 0.29) is 35.0 Å². The Morgan fingerprint density at radius 1 is 1.29 bits per heavy atom. The number of hydrogen-bond donors (Lipinski definition) is 0. The Morgan fingerprint density at radius 3 is 2.54 bits per heavy atom. The third-order valence-electron chi connectivity index (χ3n) is 6.57. The standard InChI is InChI=1S/C16H26N2O3S3/c1-15(2)11-5-7-16(15)10-24(20,21)18(12(16)9-11)13(19)6-8-17-14(22-3)23-4/h11-12H,5-10H2,1-4H3/t11-,12-,16-/m1/s1. The summed E-state index contributed by atoms with van der Waals surface area (Å²) in [5.74, 6) is 0.403. The molecule has 0 aromatic rings. The van der Waals surface area contributed by atoms with Crippen LogP contribution in [0.4, 0.5) is 0 Å². The average Bonchev–Trinajstić information content (AvgIpc) is 2.98. The van der Waals surface area contributed by atoms with Crippen molar-refractivity contribution in [2.24, 2.45) is 21.7 Å². The van der Waals surface area contributed by atoms with Crippen molar-refractivity contribution in [3.05, 3.63) is 0 Å². The molecule has 1 aliphatic heterocycles. The molecule has 3 aliphatic rings. The van der Waals surface area contributed by atoms with Crippen LogP contribution in [-0.4, -0.2) is 53.9 Å². The van der Waals surface area contributed by atoms with Gasteiger partial charge in [0.05, 0.1) is 11.8 Å². The molecule has 2 saturated carbocycles. The zero-order valence-electron chi connectivity index (χ0n) is 14.7. The zero-order chi connectivity index (χ0) is 17.8. The lowest BCUT2D eigenvalue weighted by Crippen LogP contribution is -2.44. The molecule has 2 bridgehead atoms. The summed E-state index contributed by atoms with van der Waals surface area (Å²) < 4.78 is 27.7. The third-order valence-corrected chi connectivity index (χ3v) is 10.5. The van der Waals surface area contributed by atoms with Crippen LogP contribution in [0.2, 0.25) is 0 Å². The Labute approximate surface area is 153 Å². The minimum atomic E-state index is -3.50. The lowest BCUT2D eigenvalue weighted by Gasteiger charge is -2.37. The van der Waals surface area contributed by atoms with Gasteiger partial charge in [-0.15, -0.1) is 23.5 Å². The number of sulfonamides is 1. The van der Waals surface area contributed by atoms with E-state index < -0.39 is 10.0 Å². The molecule has 24 heavy (non-hydrogen) atoms. The number of nitrogens with zero attached hydrogens (tertiary/aromatic N) is 2. The van der Waals surface area contributed by atoms with Crippen molar-refractivity contribution in [3.63, 3.8) is 0 Å². The van der Waals surface area contributed by atoms with Gasteiger partial charge in [0.2, 0.25) is 15.9 Å². The maximum Gasteiger partial charge on any atom is 0.238 e. The molecule has 3 atom stereocenters. The molecule has 2 aliphatic carbocycles. The van der Waals surface area contributed by atoms with Crippen LogP contribution >= 0.6 is 23.5 Å². The van der Waals surface area contributed by atoms with Gasteiger partial charge in [-0.25, -0.2) is 12.7 Å². The number of carbonyl (C=O) groups is 1. The molecular weight excluding hydrogens is 364 g/mol. The highest BCUT2D eigenvalue weighted by Gasteiger charge is 2.72. The largest absolute Gasteiger partial charge is 0.274 e. The summed E-state index contributed by atoms with van der Waals surface area (Å²) >= 11 is 3.09. The molecule has 0 aromatic heterocycles. The van der Waals surface area contributed by atoms with Crippen molar-refractivity contribution >= 4 is 43.8 Å². The van der Waals surface area contributed by atoms with E-state index >= 15 is 0 Å². The van der Waals surface area contributed by atoms with Crippen LogP contribution in [0.5, 0.6) is 0 Å². The van der Waals surface area contributed by atoms with Crippen LogP contribution < -0.4 is 0 Å². The summed E-state index contributed by atoms with van der Waals surface area (Å²) in [6.07, 6.45) is 6.92. The van der Waals surface area contributed by atoms with E-state index in [1.807, 2.05) is 12.5 Å². The predicted octanol–water partition coefficient (Wildman–Crippen LogP) is 2.83. The van der Waals surface area contributed by atoms with E-state index in [4.69, 9.17) is 0 Å². The fourth-order valence-electron chi connectivity index (χ4n) is 5.18. The summed E-state index contributed by atoms with van der Waals surface area (Å²) in [7, 11) is -3.50. The monoisotopic (exact) mass is 390 g/mol. The van der Waals surface area contributed by atoms with Gasteiger partial charge in [0, 0.05) is 18.4 Å². The Hall–Kier alpha value is -0.210. The molecule has 5 nitrogen and oxygen atoms in total. The Balaban J connectivity index is 1.79. The van der Waals surface area contributed by atoms with E-state index in [1.165, 1.54) is 4.31 Å². The molecule has 1 heterocycles. The number of thioether (sulfide) groups is 2. The van der Waals surface area contributed by atoms with E-state index in [0.717, 1.165) is 23.6 Å². The summed E-state index contributed by atoms with van der Waals surface area (Å²) in [5.41, 5.74) is -0.234. The molecule has 3 fully saturated rings. The van der Waals surface area contributed by atoms with Crippen LogP contribution in [0, 0.1) is 16.7 Å². The quantitative estimate of drug-likeness (QED) is 0.548. The molecule has 3 rings (SSSR count). The van der Waals surface area contributed by atoms with Gasteiger partial charge in [-0.3, -0.25) is 9.79 Å². The molecule has 0 unspecified atom stereocenters.